The van der Waals surface area contributed by atoms with E-state index in [2.05, 4.69) is 103 Å². The van der Waals surface area contributed by atoms with Crippen molar-refractivity contribution in [3.63, 3.8) is 0 Å². The zero-order valence-electron chi connectivity index (χ0n) is 19.7. The number of rotatable bonds is 6. The van der Waals surface area contributed by atoms with Gasteiger partial charge in [-0.2, -0.15) is 0 Å². The summed E-state index contributed by atoms with van der Waals surface area (Å²) in [4.78, 5) is 5.32. The molecule has 0 amide bonds. The Morgan fingerprint density at radius 3 is 2.09 bits per heavy atom. The smallest absolute Gasteiger partial charge is 0.161 e. The lowest BCUT2D eigenvalue weighted by atomic mass is 9.86. The molecule has 3 aromatic rings. The van der Waals surface area contributed by atoms with Crippen LogP contribution in [0.2, 0.25) is 0 Å². The van der Waals surface area contributed by atoms with Gasteiger partial charge in [-0.05, 0) is 48.7 Å². The molecule has 1 fully saturated rings. The van der Waals surface area contributed by atoms with Crippen molar-refractivity contribution in [1.82, 2.24) is 9.80 Å². The van der Waals surface area contributed by atoms with Crippen molar-refractivity contribution < 1.29 is 9.47 Å². The van der Waals surface area contributed by atoms with Crippen LogP contribution in [0.25, 0.3) is 0 Å². The predicted molar refractivity (Wildman–Crippen MR) is 133 cm³/mol. The molecule has 0 saturated carbocycles. The van der Waals surface area contributed by atoms with Crippen molar-refractivity contribution in [1.29, 1.82) is 0 Å². The Hall–Kier alpha value is -2.82. The molecule has 0 bridgehead atoms. The summed E-state index contributed by atoms with van der Waals surface area (Å²) < 4.78 is 11.6. The summed E-state index contributed by atoms with van der Waals surface area (Å²) in [6.45, 7) is 10.1. The highest BCUT2D eigenvalue weighted by molar-refractivity contribution is 5.44. The van der Waals surface area contributed by atoms with Crippen LogP contribution in [0.1, 0.15) is 36.6 Å². The second-order valence-electron chi connectivity index (χ2n) is 9.43. The summed E-state index contributed by atoms with van der Waals surface area (Å²) in [6, 6.07) is 28.6. The van der Waals surface area contributed by atoms with Crippen LogP contribution in [0.15, 0.2) is 78.9 Å². The van der Waals surface area contributed by atoms with Gasteiger partial charge in [-0.25, -0.2) is 0 Å². The van der Waals surface area contributed by atoms with E-state index in [4.69, 9.17) is 9.47 Å². The zero-order valence-corrected chi connectivity index (χ0v) is 19.7. The molecule has 0 aliphatic carbocycles. The van der Waals surface area contributed by atoms with Crippen molar-refractivity contribution in [2.45, 2.75) is 31.8 Å². The lowest BCUT2D eigenvalue weighted by molar-refractivity contribution is -0.00100. The van der Waals surface area contributed by atoms with Gasteiger partial charge >= 0.3 is 0 Å². The van der Waals surface area contributed by atoms with Crippen LogP contribution < -0.4 is 9.47 Å². The van der Waals surface area contributed by atoms with Crippen molar-refractivity contribution in [3.8, 4) is 11.5 Å². The number of hydrogen-bond donors (Lipinski definition) is 0. The van der Waals surface area contributed by atoms with Crippen LogP contribution in [0.5, 0.6) is 11.5 Å². The van der Waals surface area contributed by atoms with Gasteiger partial charge in [0.15, 0.2) is 11.5 Å². The number of nitrogens with zero attached hydrogens (tertiary/aromatic N) is 2. The molecular weight excluding hydrogens is 408 g/mol. The Kier molecular flexibility index (Phi) is 6.39. The molecule has 5 rings (SSSR count). The van der Waals surface area contributed by atoms with Gasteiger partial charge in [0, 0.05) is 25.2 Å². The van der Waals surface area contributed by atoms with Gasteiger partial charge in [0.05, 0.1) is 6.04 Å². The number of fused-ring (bicyclic) bond motifs is 1. The maximum atomic E-state index is 5.87. The van der Waals surface area contributed by atoms with Gasteiger partial charge in [0.25, 0.3) is 0 Å². The fourth-order valence-corrected chi connectivity index (χ4v) is 5.59. The molecular formula is C29H34N2O2. The quantitative estimate of drug-likeness (QED) is 0.525. The third kappa shape index (κ3) is 4.64. The first kappa shape index (κ1) is 22.0. The molecule has 2 aliphatic rings. The lowest BCUT2D eigenvalue weighted by Gasteiger charge is -2.51. The van der Waals surface area contributed by atoms with Gasteiger partial charge in [-0.3, -0.25) is 9.80 Å². The monoisotopic (exact) mass is 442 g/mol. The standard InChI is InChI=1S/C29H34N2O2/c1-3-31-17-16-30(28(24-10-6-4-7-11-24)25-12-8-5-9-13-25)22-29(31,2)21-23-14-15-26-27(20-23)33-19-18-32-26/h4-15,20,28H,3,16-19,21-22H2,1-2H3. The Morgan fingerprint density at radius 2 is 1.45 bits per heavy atom. The highest BCUT2D eigenvalue weighted by Crippen LogP contribution is 2.37. The molecule has 0 radical (unpaired) electrons. The first-order chi connectivity index (χ1) is 16.2. The maximum absolute atomic E-state index is 5.87. The van der Waals surface area contributed by atoms with Crippen molar-refractivity contribution >= 4 is 0 Å². The molecule has 4 heteroatoms. The molecule has 0 N–H and O–H groups in total. The molecule has 1 unspecified atom stereocenters. The molecule has 4 nitrogen and oxygen atoms in total. The van der Waals surface area contributed by atoms with E-state index >= 15 is 0 Å². The number of benzene rings is 3. The van der Waals surface area contributed by atoms with E-state index in [9.17, 15) is 0 Å². The summed E-state index contributed by atoms with van der Waals surface area (Å²) in [5.41, 5.74) is 4.04. The minimum atomic E-state index is 0.0264. The van der Waals surface area contributed by atoms with Crippen LogP contribution >= 0.6 is 0 Å². The Balaban J connectivity index is 1.45. The minimum absolute atomic E-state index is 0.0264. The molecule has 172 valence electrons. The van der Waals surface area contributed by atoms with Gasteiger partial charge in [-0.15, -0.1) is 0 Å². The van der Waals surface area contributed by atoms with Gasteiger partial charge in [0.2, 0.25) is 0 Å². The third-order valence-corrected chi connectivity index (χ3v) is 7.13. The van der Waals surface area contributed by atoms with E-state index in [-0.39, 0.29) is 11.6 Å². The van der Waals surface area contributed by atoms with Gasteiger partial charge in [-0.1, -0.05) is 73.7 Å². The molecule has 0 spiro atoms. The van der Waals surface area contributed by atoms with Gasteiger partial charge in [0.1, 0.15) is 13.2 Å². The number of ether oxygens (including phenoxy) is 2. The Morgan fingerprint density at radius 1 is 0.818 bits per heavy atom. The normalized spacial score (nSPS) is 21.3. The van der Waals surface area contributed by atoms with Crippen molar-refractivity contribution in [2.75, 3.05) is 39.4 Å². The zero-order chi connectivity index (χ0) is 22.7. The summed E-state index contributed by atoms with van der Waals surface area (Å²) in [6.07, 6.45) is 0.976. The molecule has 2 aliphatic heterocycles. The summed E-state index contributed by atoms with van der Waals surface area (Å²) in [7, 11) is 0. The second kappa shape index (κ2) is 9.58. The molecule has 2 heterocycles. The highest BCUT2D eigenvalue weighted by Gasteiger charge is 2.40. The van der Waals surface area contributed by atoms with E-state index < -0.39 is 0 Å². The number of likely N-dealkylation sites (N-methyl/N-ethyl adjacent to an activating group) is 1. The Bertz CT molecular complexity index is 1020. The maximum Gasteiger partial charge on any atom is 0.161 e. The van der Waals surface area contributed by atoms with E-state index in [1.807, 2.05) is 0 Å². The van der Waals surface area contributed by atoms with Crippen molar-refractivity contribution in [3.05, 3.63) is 95.6 Å². The van der Waals surface area contributed by atoms with E-state index in [0.29, 0.717) is 13.2 Å². The molecule has 1 saturated heterocycles. The SMILES string of the molecule is CCN1CCN(C(c2ccccc2)c2ccccc2)CC1(C)Cc1ccc2c(c1)OCCO2. The molecule has 3 aromatic carbocycles. The lowest BCUT2D eigenvalue weighted by Crippen LogP contribution is -2.62. The van der Waals surface area contributed by atoms with Crippen LogP contribution in [0, 0.1) is 0 Å². The molecule has 1 atom stereocenters. The van der Waals surface area contributed by atoms with E-state index in [1.54, 1.807) is 0 Å². The summed E-state index contributed by atoms with van der Waals surface area (Å²) in [5, 5.41) is 0. The van der Waals surface area contributed by atoms with Gasteiger partial charge < -0.3 is 9.47 Å². The highest BCUT2D eigenvalue weighted by atomic mass is 16.6. The number of piperazine rings is 1. The van der Waals surface area contributed by atoms with E-state index in [1.165, 1.54) is 16.7 Å². The third-order valence-electron chi connectivity index (χ3n) is 7.13. The van der Waals surface area contributed by atoms with E-state index in [0.717, 1.165) is 44.1 Å². The summed E-state index contributed by atoms with van der Waals surface area (Å²) in [5.74, 6) is 1.74. The van der Waals surface area contributed by atoms with Crippen LogP contribution in [0.3, 0.4) is 0 Å². The largest absolute Gasteiger partial charge is 0.486 e. The summed E-state index contributed by atoms with van der Waals surface area (Å²) >= 11 is 0. The topological polar surface area (TPSA) is 24.9 Å². The van der Waals surface area contributed by atoms with Crippen LogP contribution in [0.4, 0.5) is 0 Å². The fraction of sp³-hybridized carbons (Fsp3) is 0.379. The average molecular weight is 443 g/mol. The minimum Gasteiger partial charge on any atom is -0.486 e. The molecule has 33 heavy (non-hydrogen) atoms. The first-order valence-corrected chi connectivity index (χ1v) is 12.1. The van der Waals surface area contributed by atoms with Crippen LogP contribution in [-0.2, 0) is 6.42 Å². The van der Waals surface area contributed by atoms with Crippen molar-refractivity contribution in [2.24, 2.45) is 0 Å². The number of hydrogen-bond acceptors (Lipinski definition) is 4. The second-order valence-corrected chi connectivity index (χ2v) is 9.43. The Labute approximate surface area is 197 Å². The molecule has 0 aromatic heterocycles. The first-order valence-electron chi connectivity index (χ1n) is 12.1. The average Bonchev–Trinajstić information content (AvgIpc) is 2.85. The van der Waals surface area contributed by atoms with Crippen LogP contribution in [-0.4, -0.2) is 54.7 Å². The predicted octanol–water partition coefficient (Wildman–Crippen LogP) is 5.19. The fourth-order valence-electron chi connectivity index (χ4n) is 5.59.